The van der Waals surface area contributed by atoms with Crippen LogP contribution in [0.15, 0.2) is 48.5 Å². The topological polar surface area (TPSA) is 43.5 Å². The van der Waals surface area contributed by atoms with Crippen molar-refractivity contribution in [2.75, 3.05) is 19.0 Å². The monoisotopic (exact) mass is 401 g/mol. The summed E-state index contributed by atoms with van der Waals surface area (Å²) in [5.74, 6) is 0.910. The van der Waals surface area contributed by atoms with Crippen LogP contribution in [0, 0.1) is 10.9 Å². The van der Waals surface area contributed by atoms with Gasteiger partial charge in [-0.1, -0.05) is 29.5 Å². The summed E-state index contributed by atoms with van der Waals surface area (Å²) in [7, 11) is 2.14. The van der Waals surface area contributed by atoms with E-state index in [1.807, 2.05) is 41.9 Å². The number of benzene rings is 2. The molecule has 27 heavy (non-hydrogen) atoms. The molecule has 1 atom stereocenters. The third-order valence-corrected chi connectivity index (χ3v) is 5.38. The average Bonchev–Trinajstić information content (AvgIpc) is 2.98. The molecule has 0 bridgehead atoms. The number of para-hydroxylation sites is 1. The quantitative estimate of drug-likeness (QED) is 0.564. The second kappa shape index (κ2) is 9.12. The molecule has 0 saturated heterocycles. The Labute approximate surface area is 169 Å². The summed E-state index contributed by atoms with van der Waals surface area (Å²) in [5.41, 5.74) is 3.50. The van der Waals surface area contributed by atoms with E-state index in [9.17, 15) is 0 Å². The lowest BCUT2D eigenvalue weighted by Crippen LogP contribution is -3.07. The number of anilines is 2. The van der Waals surface area contributed by atoms with Crippen molar-refractivity contribution in [2.45, 2.75) is 27.1 Å². The molecule has 0 amide bonds. The highest BCUT2D eigenvalue weighted by Gasteiger charge is 2.10. The fourth-order valence-corrected chi connectivity index (χ4v) is 3.83. The lowest BCUT2D eigenvalue weighted by Gasteiger charge is -2.14. The standard InChI is InChI=1S/C20H24N4OS2/c1-4-25-17-11-9-16(10-12-17)13-23(3)14-24-20(26)27-19(22-24)21-18-8-6-5-7-15(18)2/h5-12H,4,13-14H2,1-3H3,(H,21,22)/p+1. The summed E-state index contributed by atoms with van der Waals surface area (Å²) in [5, 5.41) is 8.84. The van der Waals surface area contributed by atoms with E-state index in [4.69, 9.17) is 17.0 Å². The summed E-state index contributed by atoms with van der Waals surface area (Å²) in [6, 6.07) is 16.4. The number of hydrogen-bond acceptors (Lipinski definition) is 5. The number of ether oxygens (including phenoxy) is 1. The van der Waals surface area contributed by atoms with Crippen LogP contribution in [0.2, 0.25) is 0 Å². The van der Waals surface area contributed by atoms with Crippen LogP contribution in [0.25, 0.3) is 0 Å². The van der Waals surface area contributed by atoms with E-state index in [-0.39, 0.29) is 0 Å². The van der Waals surface area contributed by atoms with Crippen molar-refractivity contribution < 1.29 is 9.64 Å². The lowest BCUT2D eigenvalue weighted by molar-refractivity contribution is -0.917. The van der Waals surface area contributed by atoms with Gasteiger partial charge in [-0.25, -0.2) is 0 Å². The van der Waals surface area contributed by atoms with Crippen molar-refractivity contribution in [3.8, 4) is 5.75 Å². The minimum Gasteiger partial charge on any atom is -0.494 e. The predicted octanol–water partition coefficient (Wildman–Crippen LogP) is 3.80. The second-order valence-corrected chi connectivity index (χ2v) is 8.10. The molecular weight excluding hydrogens is 376 g/mol. The Bertz CT molecular complexity index is 934. The van der Waals surface area contributed by atoms with Crippen LogP contribution in [-0.4, -0.2) is 23.4 Å². The zero-order valence-electron chi connectivity index (χ0n) is 15.9. The molecule has 0 aliphatic carbocycles. The molecule has 0 spiro atoms. The lowest BCUT2D eigenvalue weighted by atomic mass is 10.2. The Morgan fingerprint density at radius 3 is 2.63 bits per heavy atom. The van der Waals surface area contributed by atoms with Crippen molar-refractivity contribution in [1.29, 1.82) is 0 Å². The van der Waals surface area contributed by atoms with E-state index in [0.29, 0.717) is 6.61 Å². The van der Waals surface area contributed by atoms with Gasteiger partial charge in [-0.15, -0.1) is 5.10 Å². The zero-order chi connectivity index (χ0) is 19.2. The van der Waals surface area contributed by atoms with Crippen molar-refractivity contribution >= 4 is 34.4 Å². The molecule has 7 heteroatoms. The molecule has 3 rings (SSSR count). The normalized spacial score (nSPS) is 12.0. The Hall–Kier alpha value is -2.22. The smallest absolute Gasteiger partial charge is 0.209 e. The van der Waals surface area contributed by atoms with Crippen LogP contribution in [-0.2, 0) is 13.2 Å². The maximum Gasteiger partial charge on any atom is 0.209 e. The summed E-state index contributed by atoms with van der Waals surface area (Å²) in [6.45, 7) is 6.37. The summed E-state index contributed by atoms with van der Waals surface area (Å²) < 4.78 is 8.17. The molecule has 142 valence electrons. The highest BCUT2D eigenvalue weighted by Crippen LogP contribution is 2.22. The Balaban J connectivity index is 1.62. The highest BCUT2D eigenvalue weighted by atomic mass is 32.1. The van der Waals surface area contributed by atoms with Crippen LogP contribution in [0.1, 0.15) is 18.1 Å². The summed E-state index contributed by atoms with van der Waals surface area (Å²) in [6.07, 6.45) is 0. The first-order valence-corrected chi connectivity index (χ1v) is 10.2. The molecule has 2 N–H and O–H groups in total. The summed E-state index contributed by atoms with van der Waals surface area (Å²) in [4.78, 5) is 1.31. The highest BCUT2D eigenvalue weighted by molar-refractivity contribution is 7.73. The van der Waals surface area contributed by atoms with Gasteiger partial charge in [0.1, 0.15) is 12.3 Å². The number of hydrogen-bond donors (Lipinski definition) is 2. The van der Waals surface area contributed by atoms with Gasteiger partial charge in [0, 0.05) is 11.3 Å². The van der Waals surface area contributed by atoms with Gasteiger partial charge in [-0.2, -0.15) is 4.68 Å². The number of aryl methyl sites for hydroxylation is 1. The largest absolute Gasteiger partial charge is 0.494 e. The van der Waals surface area contributed by atoms with Gasteiger partial charge in [-0.05, 0) is 62.0 Å². The average molecular weight is 402 g/mol. The van der Waals surface area contributed by atoms with Gasteiger partial charge in [-0.3, -0.25) is 0 Å². The second-order valence-electron chi connectivity index (χ2n) is 6.48. The molecule has 0 aliphatic heterocycles. The van der Waals surface area contributed by atoms with E-state index >= 15 is 0 Å². The van der Waals surface area contributed by atoms with Crippen molar-refractivity contribution in [3.63, 3.8) is 0 Å². The molecule has 5 nitrogen and oxygen atoms in total. The zero-order valence-corrected chi connectivity index (χ0v) is 17.5. The van der Waals surface area contributed by atoms with Crippen LogP contribution >= 0.6 is 23.6 Å². The summed E-state index contributed by atoms with van der Waals surface area (Å²) >= 11 is 7.00. The number of rotatable bonds is 8. The maximum absolute atomic E-state index is 5.50. The molecule has 1 aromatic heterocycles. The SMILES string of the molecule is CCOc1ccc(C[NH+](C)Cn2nc(Nc3ccccc3C)sc2=S)cc1. The molecule has 1 heterocycles. The van der Waals surface area contributed by atoms with Gasteiger partial charge in [0.05, 0.1) is 13.7 Å². The third kappa shape index (κ3) is 5.38. The molecule has 0 saturated carbocycles. The van der Waals surface area contributed by atoms with E-state index in [0.717, 1.165) is 33.7 Å². The first kappa shape index (κ1) is 19.5. The van der Waals surface area contributed by atoms with E-state index in [2.05, 4.69) is 42.6 Å². The molecule has 0 fully saturated rings. The molecule has 2 aromatic carbocycles. The Morgan fingerprint density at radius 2 is 1.93 bits per heavy atom. The van der Waals surface area contributed by atoms with Crippen molar-refractivity contribution in [1.82, 2.24) is 9.78 Å². The Kier molecular flexibility index (Phi) is 6.60. The van der Waals surface area contributed by atoms with Crippen molar-refractivity contribution in [3.05, 3.63) is 63.6 Å². The van der Waals surface area contributed by atoms with E-state index < -0.39 is 0 Å². The third-order valence-electron chi connectivity index (χ3n) is 4.15. The molecule has 3 aromatic rings. The van der Waals surface area contributed by atoms with Gasteiger partial charge >= 0.3 is 0 Å². The number of nitrogens with one attached hydrogen (secondary N) is 2. The first-order valence-electron chi connectivity index (χ1n) is 8.99. The number of nitrogens with zero attached hydrogens (tertiary/aromatic N) is 2. The predicted molar refractivity (Wildman–Crippen MR) is 114 cm³/mol. The van der Waals surface area contributed by atoms with Crippen LogP contribution in [0.3, 0.4) is 0 Å². The van der Waals surface area contributed by atoms with E-state index in [1.165, 1.54) is 27.4 Å². The number of quaternary nitrogens is 1. The van der Waals surface area contributed by atoms with Crippen LogP contribution in [0.4, 0.5) is 10.8 Å². The Morgan fingerprint density at radius 1 is 1.19 bits per heavy atom. The first-order chi connectivity index (χ1) is 13.0. The van der Waals surface area contributed by atoms with Gasteiger partial charge in [0.15, 0.2) is 10.6 Å². The maximum atomic E-state index is 5.50. The minimum absolute atomic E-state index is 0.686. The minimum atomic E-state index is 0.686. The van der Waals surface area contributed by atoms with Gasteiger partial charge in [0.2, 0.25) is 5.13 Å². The molecule has 0 aliphatic rings. The van der Waals surface area contributed by atoms with Crippen LogP contribution in [0.5, 0.6) is 5.75 Å². The fraction of sp³-hybridized carbons (Fsp3) is 0.300. The van der Waals surface area contributed by atoms with Crippen LogP contribution < -0.4 is 15.0 Å². The fourth-order valence-electron chi connectivity index (χ4n) is 2.82. The van der Waals surface area contributed by atoms with Gasteiger partial charge < -0.3 is 15.0 Å². The molecule has 1 unspecified atom stereocenters. The van der Waals surface area contributed by atoms with Gasteiger partial charge in [0.25, 0.3) is 0 Å². The van der Waals surface area contributed by atoms with E-state index in [1.54, 1.807) is 0 Å². The van der Waals surface area contributed by atoms with Crippen molar-refractivity contribution in [2.24, 2.45) is 0 Å². The molecular formula is C20H25N4OS2+. The molecule has 0 radical (unpaired) electrons. The number of aromatic nitrogens is 2.